The molecular weight excluding hydrogens is 302 g/mol. The van der Waals surface area contributed by atoms with Crippen LogP contribution in [0.15, 0.2) is 42.5 Å². The van der Waals surface area contributed by atoms with E-state index in [2.05, 4.69) is 31.4 Å². The number of aryl methyl sites for hydroxylation is 1. The number of amides is 2. The molecule has 24 heavy (non-hydrogen) atoms. The van der Waals surface area contributed by atoms with Crippen molar-refractivity contribution in [3.05, 3.63) is 53.6 Å². The third-order valence-electron chi connectivity index (χ3n) is 3.67. The van der Waals surface area contributed by atoms with E-state index in [1.54, 1.807) is 24.3 Å². The van der Waals surface area contributed by atoms with Gasteiger partial charge in [0.2, 0.25) is 0 Å². The molecule has 5 heteroatoms. The quantitative estimate of drug-likeness (QED) is 0.584. The minimum Gasteiger partial charge on any atom is -0.397 e. The van der Waals surface area contributed by atoms with Crippen LogP contribution in [0.25, 0.3) is 0 Å². The summed E-state index contributed by atoms with van der Waals surface area (Å²) < 4.78 is 0. The minimum absolute atomic E-state index is 0.0304. The Morgan fingerprint density at radius 2 is 1.50 bits per heavy atom. The smallest absolute Gasteiger partial charge is 0.314 e. The fourth-order valence-electron chi connectivity index (χ4n) is 2.20. The Morgan fingerprint density at radius 3 is 2.08 bits per heavy atom. The van der Waals surface area contributed by atoms with Crippen LogP contribution in [-0.4, -0.2) is 11.8 Å². The van der Waals surface area contributed by atoms with Crippen molar-refractivity contribution in [3.8, 4) is 0 Å². The van der Waals surface area contributed by atoms with Gasteiger partial charge >= 0.3 is 11.8 Å². The summed E-state index contributed by atoms with van der Waals surface area (Å²) in [5.74, 6) is -1.49. The molecule has 5 nitrogen and oxygen atoms in total. The van der Waals surface area contributed by atoms with E-state index in [4.69, 9.17) is 5.73 Å². The molecule has 0 bridgehead atoms. The Hall–Kier alpha value is -2.82. The number of nitrogens with two attached hydrogens (primary N) is 1. The summed E-state index contributed by atoms with van der Waals surface area (Å²) in [6.45, 7) is 8.22. The van der Waals surface area contributed by atoms with Crippen LogP contribution in [0.2, 0.25) is 0 Å². The summed E-state index contributed by atoms with van der Waals surface area (Å²) >= 11 is 0. The molecule has 2 aromatic carbocycles. The molecule has 4 N–H and O–H groups in total. The Balaban J connectivity index is 2.04. The summed E-state index contributed by atoms with van der Waals surface area (Å²) in [5.41, 5.74) is 9.34. The molecular formula is C19H23N3O2. The monoisotopic (exact) mass is 325 g/mol. The fraction of sp³-hybridized carbons (Fsp3) is 0.263. The van der Waals surface area contributed by atoms with Gasteiger partial charge in [0.05, 0.1) is 11.4 Å². The number of benzene rings is 2. The van der Waals surface area contributed by atoms with Gasteiger partial charge in [-0.05, 0) is 47.7 Å². The highest BCUT2D eigenvalue weighted by Gasteiger charge is 2.17. The van der Waals surface area contributed by atoms with Crippen molar-refractivity contribution in [3.63, 3.8) is 0 Å². The van der Waals surface area contributed by atoms with Crippen LogP contribution in [0.3, 0.4) is 0 Å². The molecule has 0 unspecified atom stereocenters. The summed E-state index contributed by atoms with van der Waals surface area (Å²) in [6, 6.07) is 12.7. The van der Waals surface area contributed by atoms with Gasteiger partial charge in [0.15, 0.2) is 0 Å². The van der Waals surface area contributed by atoms with Gasteiger partial charge in [-0.3, -0.25) is 9.59 Å². The Bertz CT molecular complexity index is 759. The molecule has 0 saturated heterocycles. The predicted molar refractivity (Wildman–Crippen MR) is 98.0 cm³/mol. The zero-order valence-corrected chi connectivity index (χ0v) is 14.4. The molecule has 2 aromatic rings. The van der Waals surface area contributed by atoms with Crippen LogP contribution in [0, 0.1) is 6.92 Å². The van der Waals surface area contributed by atoms with Gasteiger partial charge in [0, 0.05) is 5.69 Å². The lowest BCUT2D eigenvalue weighted by atomic mass is 9.87. The number of rotatable bonds is 2. The van der Waals surface area contributed by atoms with E-state index in [9.17, 15) is 9.59 Å². The van der Waals surface area contributed by atoms with E-state index in [0.717, 1.165) is 11.1 Å². The molecule has 0 radical (unpaired) electrons. The molecule has 0 atom stereocenters. The molecule has 0 aromatic heterocycles. The second kappa shape index (κ2) is 6.74. The van der Waals surface area contributed by atoms with E-state index in [1.807, 2.05) is 25.1 Å². The number of hydrogen-bond donors (Lipinski definition) is 3. The van der Waals surface area contributed by atoms with Crippen molar-refractivity contribution in [2.24, 2.45) is 0 Å². The van der Waals surface area contributed by atoms with Crippen molar-refractivity contribution >= 4 is 28.9 Å². The van der Waals surface area contributed by atoms with Gasteiger partial charge < -0.3 is 16.4 Å². The second-order valence-electron chi connectivity index (χ2n) is 6.83. The maximum atomic E-state index is 12.0. The largest absolute Gasteiger partial charge is 0.397 e. The summed E-state index contributed by atoms with van der Waals surface area (Å²) in [7, 11) is 0. The molecule has 0 aliphatic rings. The summed E-state index contributed by atoms with van der Waals surface area (Å²) in [6.07, 6.45) is 0. The molecule has 0 fully saturated rings. The molecule has 0 spiro atoms. The van der Waals surface area contributed by atoms with E-state index in [1.165, 1.54) is 0 Å². The lowest BCUT2D eigenvalue weighted by Crippen LogP contribution is -2.29. The standard InChI is InChI=1S/C19H23N3O2/c1-12-5-10-15(20)16(11-12)22-18(24)17(23)21-14-8-6-13(7-9-14)19(2,3)4/h5-11H,20H2,1-4H3,(H,21,23)(H,22,24). The number of nitrogen functional groups attached to an aromatic ring is 1. The molecule has 0 saturated carbocycles. The second-order valence-corrected chi connectivity index (χ2v) is 6.83. The number of carbonyl (C=O) groups excluding carboxylic acids is 2. The van der Waals surface area contributed by atoms with Crippen molar-refractivity contribution in [1.82, 2.24) is 0 Å². The molecule has 2 rings (SSSR count). The normalized spacial score (nSPS) is 11.0. The molecule has 0 heterocycles. The van der Waals surface area contributed by atoms with Crippen LogP contribution in [0.5, 0.6) is 0 Å². The van der Waals surface area contributed by atoms with Gasteiger partial charge in [-0.15, -0.1) is 0 Å². The Kier molecular flexibility index (Phi) is 4.93. The van der Waals surface area contributed by atoms with Crippen LogP contribution >= 0.6 is 0 Å². The topological polar surface area (TPSA) is 84.2 Å². The number of hydrogen-bond acceptors (Lipinski definition) is 3. The van der Waals surface area contributed by atoms with Crippen molar-refractivity contribution in [2.75, 3.05) is 16.4 Å². The van der Waals surface area contributed by atoms with Gasteiger partial charge in [-0.2, -0.15) is 0 Å². The molecule has 126 valence electrons. The van der Waals surface area contributed by atoms with E-state index in [-0.39, 0.29) is 5.41 Å². The first-order chi connectivity index (χ1) is 11.2. The number of anilines is 3. The highest BCUT2D eigenvalue weighted by molar-refractivity contribution is 6.43. The van der Waals surface area contributed by atoms with Crippen LogP contribution in [0.4, 0.5) is 17.1 Å². The first-order valence-electron chi connectivity index (χ1n) is 7.76. The van der Waals surface area contributed by atoms with Crippen LogP contribution in [-0.2, 0) is 15.0 Å². The Labute approximate surface area is 142 Å². The van der Waals surface area contributed by atoms with Crippen molar-refractivity contribution < 1.29 is 9.59 Å². The highest BCUT2D eigenvalue weighted by Crippen LogP contribution is 2.23. The molecule has 0 aliphatic carbocycles. The lowest BCUT2D eigenvalue weighted by Gasteiger charge is -2.19. The number of carbonyl (C=O) groups is 2. The van der Waals surface area contributed by atoms with Gasteiger partial charge in [0.1, 0.15) is 0 Å². The average Bonchev–Trinajstić information content (AvgIpc) is 2.50. The van der Waals surface area contributed by atoms with Crippen LogP contribution in [0.1, 0.15) is 31.9 Å². The third kappa shape index (κ3) is 4.35. The fourth-order valence-corrected chi connectivity index (χ4v) is 2.20. The van der Waals surface area contributed by atoms with Crippen molar-refractivity contribution in [2.45, 2.75) is 33.1 Å². The lowest BCUT2D eigenvalue weighted by molar-refractivity contribution is -0.132. The minimum atomic E-state index is -0.757. The van der Waals surface area contributed by atoms with Crippen molar-refractivity contribution in [1.29, 1.82) is 0 Å². The maximum Gasteiger partial charge on any atom is 0.314 e. The van der Waals surface area contributed by atoms with Crippen LogP contribution < -0.4 is 16.4 Å². The van der Waals surface area contributed by atoms with Gasteiger partial charge in [-0.1, -0.05) is 39.0 Å². The predicted octanol–water partition coefficient (Wildman–Crippen LogP) is 3.45. The molecule has 0 aliphatic heterocycles. The first kappa shape index (κ1) is 17.5. The van der Waals surface area contributed by atoms with E-state index < -0.39 is 11.8 Å². The third-order valence-corrected chi connectivity index (χ3v) is 3.67. The van der Waals surface area contributed by atoms with Gasteiger partial charge in [-0.25, -0.2) is 0 Å². The summed E-state index contributed by atoms with van der Waals surface area (Å²) in [5, 5.41) is 5.11. The Morgan fingerprint density at radius 1 is 0.917 bits per heavy atom. The van der Waals surface area contributed by atoms with Gasteiger partial charge in [0.25, 0.3) is 0 Å². The number of nitrogens with one attached hydrogen (secondary N) is 2. The molecule has 2 amide bonds. The summed E-state index contributed by atoms with van der Waals surface area (Å²) in [4.78, 5) is 24.1. The zero-order valence-electron chi connectivity index (χ0n) is 14.4. The average molecular weight is 325 g/mol. The maximum absolute atomic E-state index is 12.0. The highest BCUT2D eigenvalue weighted by atomic mass is 16.2. The van der Waals surface area contributed by atoms with E-state index in [0.29, 0.717) is 17.1 Å². The SMILES string of the molecule is Cc1ccc(N)c(NC(=O)C(=O)Nc2ccc(C(C)(C)C)cc2)c1. The zero-order chi connectivity index (χ0) is 17.9. The van der Waals surface area contributed by atoms with E-state index >= 15 is 0 Å². The first-order valence-corrected chi connectivity index (χ1v) is 7.76.